The van der Waals surface area contributed by atoms with Gasteiger partial charge in [0.05, 0.1) is 12.2 Å². The molecule has 0 fully saturated rings. The van der Waals surface area contributed by atoms with E-state index in [2.05, 4.69) is 5.48 Å². The smallest absolute Gasteiger partial charge is 0.339 e. The molecule has 10 heteroatoms. The zero-order chi connectivity index (χ0) is 17.6. The Kier molecular flexibility index (Phi) is 7.01. The third-order valence-corrected chi connectivity index (χ3v) is 3.71. The second-order valence-corrected chi connectivity index (χ2v) is 6.65. The quantitative estimate of drug-likeness (QED) is 0.301. The average molecular weight is 346 g/mol. The summed E-state index contributed by atoms with van der Waals surface area (Å²) in [7, 11) is -4.54. The van der Waals surface area contributed by atoms with E-state index in [0.717, 1.165) is 0 Å². The Labute approximate surface area is 132 Å². The molecule has 128 valence electrons. The highest BCUT2D eigenvalue weighted by Crippen LogP contribution is 2.35. The molecule has 23 heavy (non-hydrogen) atoms. The van der Waals surface area contributed by atoms with Gasteiger partial charge in [-0.25, -0.2) is 4.79 Å². The highest BCUT2D eigenvalue weighted by Gasteiger charge is 2.31. The monoisotopic (exact) mass is 346 g/mol. The fraction of sp³-hybridized carbons (Fsp3) is 0.385. The van der Waals surface area contributed by atoms with Crippen molar-refractivity contribution in [2.24, 2.45) is 5.73 Å². The number of carboxylic acid groups (broad SMARTS) is 1. The number of hydrogen-bond donors (Lipinski definition) is 5. The van der Waals surface area contributed by atoms with Crippen LogP contribution in [-0.2, 0) is 19.0 Å². The number of ketones is 1. The topological polar surface area (TPSA) is 159 Å². The first kappa shape index (κ1) is 19.4. The predicted molar refractivity (Wildman–Crippen MR) is 80.4 cm³/mol. The van der Waals surface area contributed by atoms with Crippen LogP contribution in [0.3, 0.4) is 0 Å². The maximum Gasteiger partial charge on any atom is 0.339 e. The number of nitrogens with two attached hydrogens (primary N) is 1. The van der Waals surface area contributed by atoms with Gasteiger partial charge >= 0.3 is 13.6 Å². The van der Waals surface area contributed by atoms with Crippen molar-refractivity contribution in [3.63, 3.8) is 0 Å². The first-order valence-corrected chi connectivity index (χ1v) is 8.44. The van der Waals surface area contributed by atoms with Crippen LogP contribution in [0.1, 0.15) is 18.6 Å². The van der Waals surface area contributed by atoms with Crippen LogP contribution in [0.4, 0.5) is 0 Å². The minimum atomic E-state index is -4.54. The van der Waals surface area contributed by atoms with Crippen molar-refractivity contribution < 1.29 is 33.9 Å². The molecule has 1 aromatic rings. The number of carbonyl (C=O) groups excluding carboxylic acids is 1. The molecule has 1 rings (SSSR count). The average Bonchev–Trinajstić information content (AvgIpc) is 2.45. The van der Waals surface area contributed by atoms with Crippen LogP contribution < -0.4 is 11.2 Å². The van der Waals surface area contributed by atoms with Gasteiger partial charge in [-0.2, -0.15) is 5.48 Å². The van der Waals surface area contributed by atoms with Crippen LogP contribution in [0.5, 0.6) is 0 Å². The molecule has 0 heterocycles. The molecule has 6 N–H and O–H groups in total. The Morgan fingerprint density at radius 3 is 2.30 bits per heavy atom. The molecule has 1 aromatic carbocycles. The molecule has 0 spiro atoms. The van der Waals surface area contributed by atoms with Crippen LogP contribution in [0.2, 0.25) is 0 Å². The van der Waals surface area contributed by atoms with Crippen molar-refractivity contribution in [2.45, 2.75) is 25.1 Å². The summed E-state index contributed by atoms with van der Waals surface area (Å²) in [4.78, 5) is 46.2. The lowest BCUT2D eigenvalue weighted by Crippen LogP contribution is -2.47. The molecule has 0 saturated heterocycles. The number of benzene rings is 1. The van der Waals surface area contributed by atoms with Crippen molar-refractivity contribution in [1.82, 2.24) is 5.48 Å². The third kappa shape index (κ3) is 6.57. The van der Waals surface area contributed by atoms with Crippen LogP contribution in [0.25, 0.3) is 0 Å². The number of rotatable bonds is 9. The molecular formula is C13H19N2O7P. The van der Waals surface area contributed by atoms with E-state index >= 15 is 0 Å². The lowest BCUT2D eigenvalue weighted by atomic mass is 10.1. The molecule has 0 radical (unpaired) electrons. The van der Waals surface area contributed by atoms with Gasteiger partial charge in [-0.3, -0.25) is 14.2 Å². The fourth-order valence-corrected chi connectivity index (χ4v) is 2.51. The van der Waals surface area contributed by atoms with Gasteiger partial charge in [0.2, 0.25) is 6.10 Å². The summed E-state index contributed by atoms with van der Waals surface area (Å²) in [5.74, 6) is -2.03. The Bertz CT molecular complexity index is 587. The SMILES string of the molecule is C[C@H](N)C(=O)C(CP(=O)(O)O)NOC(C(=O)O)c1ccccc1. The van der Waals surface area contributed by atoms with E-state index < -0.39 is 43.7 Å². The number of carboxylic acids is 1. The molecule has 0 aromatic heterocycles. The zero-order valence-electron chi connectivity index (χ0n) is 12.3. The minimum absolute atomic E-state index is 0.302. The number of carbonyl (C=O) groups is 2. The summed E-state index contributed by atoms with van der Waals surface area (Å²) in [5, 5.41) is 9.19. The normalized spacial score (nSPS) is 15.7. The van der Waals surface area contributed by atoms with E-state index in [1.807, 2.05) is 0 Å². The Balaban J connectivity index is 2.88. The second-order valence-electron chi connectivity index (χ2n) is 4.96. The van der Waals surface area contributed by atoms with Crippen molar-refractivity contribution in [2.75, 3.05) is 6.16 Å². The van der Waals surface area contributed by atoms with Gasteiger partial charge in [0.25, 0.3) is 0 Å². The van der Waals surface area contributed by atoms with E-state index in [-0.39, 0.29) is 0 Å². The van der Waals surface area contributed by atoms with E-state index in [9.17, 15) is 19.3 Å². The van der Waals surface area contributed by atoms with Gasteiger partial charge in [0, 0.05) is 0 Å². The van der Waals surface area contributed by atoms with E-state index in [4.69, 9.17) is 20.4 Å². The van der Waals surface area contributed by atoms with Crippen LogP contribution >= 0.6 is 7.60 Å². The molecule has 0 amide bonds. The number of nitrogens with one attached hydrogen (secondary N) is 1. The first-order valence-electron chi connectivity index (χ1n) is 6.64. The highest BCUT2D eigenvalue weighted by atomic mass is 31.2. The van der Waals surface area contributed by atoms with Crippen molar-refractivity contribution in [3.8, 4) is 0 Å². The zero-order valence-corrected chi connectivity index (χ0v) is 13.2. The van der Waals surface area contributed by atoms with Crippen LogP contribution in [0.15, 0.2) is 30.3 Å². The van der Waals surface area contributed by atoms with Gasteiger partial charge in [-0.15, -0.1) is 0 Å². The van der Waals surface area contributed by atoms with Gasteiger partial charge in [0.15, 0.2) is 5.78 Å². The van der Waals surface area contributed by atoms with Crippen molar-refractivity contribution in [1.29, 1.82) is 0 Å². The molecular weight excluding hydrogens is 327 g/mol. The number of hydrogen-bond acceptors (Lipinski definition) is 6. The standard InChI is InChI=1S/C13H19N2O7P/c1-8(14)11(16)10(7-23(19,20)21)15-22-12(13(17)18)9-5-3-2-4-6-9/h2-6,8,10,12,15H,7,14H2,1H3,(H,17,18)(H2,19,20,21)/t8-,10?,12?/m0/s1. The molecule has 3 atom stereocenters. The predicted octanol–water partition coefficient (Wildman–Crippen LogP) is -0.204. The second kappa shape index (κ2) is 8.30. The van der Waals surface area contributed by atoms with Gasteiger partial charge < -0.3 is 20.6 Å². The largest absolute Gasteiger partial charge is 0.479 e. The van der Waals surface area contributed by atoms with Crippen LogP contribution in [0, 0.1) is 0 Å². The molecule has 9 nitrogen and oxygen atoms in total. The summed E-state index contributed by atoms with van der Waals surface area (Å²) in [6.07, 6.45) is -2.30. The Morgan fingerprint density at radius 1 is 1.30 bits per heavy atom. The molecule has 0 saturated carbocycles. The summed E-state index contributed by atoms with van der Waals surface area (Å²) in [5.41, 5.74) is 7.85. The maximum absolute atomic E-state index is 11.9. The maximum atomic E-state index is 11.9. The highest BCUT2D eigenvalue weighted by molar-refractivity contribution is 7.51. The lowest BCUT2D eigenvalue weighted by molar-refractivity contribution is -0.159. The number of Topliss-reactive ketones (excluding diaryl/α,β-unsaturated/α-hetero) is 1. The molecule has 0 aliphatic carbocycles. The molecule has 2 unspecified atom stereocenters. The van der Waals surface area contributed by atoms with E-state index in [0.29, 0.717) is 5.56 Å². The van der Waals surface area contributed by atoms with Gasteiger partial charge in [-0.1, -0.05) is 30.3 Å². The van der Waals surface area contributed by atoms with E-state index in [1.165, 1.54) is 19.1 Å². The molecule has 0 aliphatic heterocycles. The summed E-state index contributed by atoms with van der Waals surface area (Å²) >= 11 is 0. The van der Waals surface area contributed by atoms with E-state index in [1.54, 1.807) is 18.2 Å². The van der Waals surface area contributed by atoms with Crippen LogP contribution in [-0.4, -0.2) is 44.9 Å². The number of aliphatic carboxylic acids is 1. The summed E-state index contributed by atoms with van der Waals surface area (Å²) < 4.78 is 11.1. The first-order chi connectivity index (χ1) is 10.6. The summed E-state index contributed by atoms with van der Waals surface area (Å²) in [6, 6.07) is 5.48. The number of hydroxylamine groups is 1. The molecule has 0 bridgehead atoms. The minimum Gasteiger partial charge on any atom is -0.479 e. The Morgan fingerprint density at radius 2 is 1.87 bits per heavy atom. The third-order valence-electron chi connectivity index (χ3n) is 2.87. The van der Waals surface area contributed by atoms with Crippen molar-refractivity contribution in [3.05, 3.63) is 35.9 Å². The van der Waals surface area contributed by atoms with Gasteiger partial charge in [-0.05, 0) is 12.5 Å². The summed E-state index contributed by atoms with van der Waals surface area (Å²) in [6.45, 7) is 1.35. The van der Waals surface area contributed by atoms with Crippen molar-refractivity contribution >= 4 is 19.3 Å². The van der Waals surface area contributed by atoms with Gasteiger partial charge in [0.1, 0.15) is 6.04 Å². The fourth-order valence-electron chi connectivity index (χ4n) is 1.78. The lowest BCUT2D eigenvalue weighted by Gasteiger charge is -2.22. The Hall–Kier alpha value is -1.61. The molecule has 0 aliphatic rings.